The van der Waals surface area contributed by atoms with Gasteiger partial charge < -0.3 is 11.1 Å². The van der Waals surface area contributed by atoms with Gasteiger partial charge in [0.2, 0.25) is 15.9 Å². The van der Waals surface area contributed by atoms with Crippen LogP contribution in [0.3, 0.4) is 0 Å². The normalized spacial score (nSPS) is 16.3. The molecule has 31 heavy (non-hydrogen) atoms. The Labute approximate surface area is 175 Å². The number of aromatic nitrogens is 2. The van der Waals surface area contributed by atoms with Gasteiger partial charge in [0, 0.05) is 19.0 Å². The highest BCUT2D eigenvalue weighted by Crippen LogP contribution is 2.32. The van der Waals surface area contributed by atoms with Crippen LogP contribution in [0.1, 0.15) is 34.6 Å². The summed E-state index contributed by atoms with van der Waals surface area (Å²) in [6, 6.07) is 3.55. The molecule has 1 aromatic carbocycles. The minimum absolute atomic E-state index is 0.0380. The lowest BCUT2D eigenvalue weighted by Gasteiger charge is -2.30. The lowest BCUT2D eigenvalue weighted by atomic mass is 9.97. The number of H-pyrrole nitrogens is 1. The van der Waals surface area contributed by atoms with Crippen LogP contribution in [0.15, 0.2) is 29.2 Å². The number of hydrogen-bond acceptors (Lipinski definition) is 5. The molecule has 0 radical (unpaired) electrons. The zero-order chi connectivity index (χ0) is 23.0. The van der Waals surface area contributed by atoms with Crippen molar-refractivity contribution >= 4 is 27.5 Å². The van der Waals surface area contributed by atoms with E-state index in [0.717, 1.165) is 22.5 Å². The molecule has 0 unspecified atom stereocenters. The van der Waals surface area contributed by atoms with Crippen LogP contribution in [0.25, 0.3) is 0 Å². The minimum Gasteiger partial charge on any atom is -0.364 e. The predicted octanol–water partition coefficient (Wildman–Crippen LogP) is 1.88. The topological polar surface area (TPSA) is 138 Å². The highest BCUT2D eigenvalue weighted by molar-refractivity contribution is 7.89. The highest BCUT2D eigenvalue weighted by Gasteiger charge is 2.35. The van der Waals surface area contributed by atoms with Crippen LogP contribution in [0.2, 0.25) is 0 Å². The third kappa shape index (κ3) is 4.71. The summed E-state index contributed by atoms with van der Waals surface area (Å²) < 4.78 is 65.3. The van der Waals surface area contributed by atoms with Gasteiger partial charge in [-0.3, -0.25) is 14.7 Å². The van der Waals surface area contributed by atoms with Crippen molar-refractivity contribution in [2.45, 2.75) is 30.8 Å². The molecule has 1 aromatic heterocycles. The summed E-state index contributed by atoms with van der Waals surface area (Å²) in [6.45, 7) is 1.52. The maximum absolute atomic E-state index is 12.9. The summed E-state index contributed by atoms with van der Waals surface area (Å²) in [7, 11) is -4.14. The van der Waals surface area contributed by atoms with E-state index in [1.807, 2.05) is 0 Å². The summed E-state index contributed by atoms with van der Waals surface area (Å²) in [5.41, 5.74) is 4.66. The first-order chi connectivity index (χ1) is 14.4. The Kier molecular flexibility index (Phi) is 6.09. The maximum Gasteiger partial charge on any atom is 0.416 e. The van der Waals surface area contributed by atoms with Crippen molar-refractivity contribution in [3.8, 4) is 0 Å². The molecule has 1 aliphatic heterocycles. The molecule has 1 aliphatic rings. The summed E-state index contributed by atoms with van der Waals surface area (Å²) in [5.74, 6) is -1.80. The van der Waals surface area contributed by atoms with E-state index in [-0.39, 0.29) is 37.3 Å². The van der Waals surface area contributed by atoms with Gasteiger partial charge in [-0.25, -0.2) is 8.42 Å². The third-order valence-corrected chi connectivity index (χ3v) is 6.95. The molecular formula is C18H20F3N5O4S. The molecule has 0 bridgehead atoms. The van der Waals surface area contributed by atoms with Crippen LogP contribution in [-0.4, -0.2) is 47.8 Å². The summed E-state index contributed by atoms with van der Waals surface area (Å²) in [6.07, 6.45) is -4.34. The zero-order valence-corrected chi connectivity index (χ0v) is 17.2. The van der Waals surface area contributed by atoms with Gasteiger partial charge in [-0.15, -0.1) is 0 Å². The number of sulfonamides is 1. The van der Waals surface area contributed by atoms with Gasteiger partial charge >= 0.3 is 6.18 Å². The van der Waals surface area contributed by atoms with Crippen LogP contribution >= 0.6 is 0 Å². The molecule has 168 valence electrons. The monoisotopic (exact) mass is 459 g/mol. The van der Waals surface area contributed by atoms with Gasteiger partial charge in [-0.2, -0.15) is 22.6 Å². The number of rotatable bonds is 5. The third-order valence-electron chi connectivity index (χ3n) is 5.05. The number of hydrogen-bond donors (Lipinski definition) is 3. The molecular weight excluding hydrogens is 439 g/mol. The number of aromatic amines is 1. The molecule has 9 nitrogen and oxygen atoms in total. The number of benzene rings is 1. The quantitative estimate of drug-likeness (QED) is 0.627. The fourth-order valence-corrected chi connectivity index (χ4v) is 4.84. The van der Waals surface area contributed by atoms with Crippen LogP contribution in [0.5, 0.6) is 0 Å². The Morgan fingerprint density at radius 1 is 1.26 bits per heavy atom. The van der Waals surface area contributed by atoms with E-state index >= 15 is 0 Å². The first-order valence-electron chi connectivity index (χ1n) is 9.24. The smallest absolute Gasteiger partial charge is 0.364 e. The highest BCUT2D eigenvalue weighted by atomic mass is 32.2. The van der Waals surface area contributed by atoms with E-state index in [1.165, 1.54) is 0 Å². The molecule has 3 rings (SSSR count). The molecule has 2 heterocycles. The number of anilines is 1. The molecule has 1 fully saturated rings. The summed E-state index contributed by atoms with van der Waals surface area (Å²) in [5, 5.41) is 8.88. The van der Waals surface area contributed by atoms with Gasteiger partial charge in [0.15, 0.2) is 5.69 Å². The molecule has 4 N–H and O–H groups in total. The Morgan fingerprint density at radius 2 is 1.90 bits per heavy atom. The number of carbonyl (C=O) groups excluding carboxylic acids is 2. The van der Waals surface area contributed by atoms with Crippen molar-refractivity contribution in [3.63, 3.8) is 0 Å². The predicted molar refractivity (Wildman–Crippen MR) is 103 cm³/mol. The van der Waals surface area contributed by atoms with E-state index < -0.39 is 44.4 Å². The molecule has 0 spiro atoms. The van der Waals surface area contributed by atoms with Gasteiger partial charge in [-0.05, 0) is 38.0 Å². The number of nitrogens with two attached hydrogens (primary N) is 1. The van der Waals surface area contributed by atoms with Crippen molar-refractivity contribution in [2.75, 3.05) is 18.4 Å². The van der Waals surface area contributed by atoms with Gasteiger partial charge in [0.1, 0.15) is 0 Å². The largest absolute Gasteiger partial charge is 0.416 e. The Bertz CT molecular complexity index is 1110. The van der Waals surface area contributed by atoms with Gasteiger partial charge in [0.05, 0.1) is 21.8 Å². The number of halogens is 3. The number of aryl methyl sites for hydroxylation is 1. The molecule has 0 atom stereocenters. The molecule has 2 amide bonds. The number of alkyl halides is 3. The molecule has 0 saturated carbocycles. The van der Waals surface area contributed by atoms with Gasteiger partial charge in [0.25, 0.3) is 5.91 Å². The standard InChI is InChI=1S/C18H20F3N5O4S/c1-10-14(15(16(22)27)25-24-10)23-17(28)11-5-7-26(8-6-11)31(29,30)13-4-2-3-12(9-13)18(19,20)21/h2-4,9,11H,5-8H2,1H3,(H2,22,27)(H,23,28)(H,24,25). The van der Waals surface area contributed by atoms with Crippen LogP contribution in [-0.2, 0) is 21.0 Å². The van der Waals surface area contributed by atoms with Crippen molar-refractivity contribution in [1.82, 2.24) is 14.5 Å². The van der Waals surface area contributed by atoms with E-state index in [1.54, 1.807) is 6.92 Å². The van der Waals surface area contributed by atoms with E-state index in [9.17, 15) is 31.2 Å². The Morgan fingerprint density at radius 3 is 2.48 bits per heavy atom. The minimum atomic E-state index is -4.66. The average Bonchev–Trinajstić information content (AvgIpc) is 3.08. The summed E-state index contributed by atoms with van der Waals surface area (Å²) >= 11 is 0. The molecule has 0 aliphatic carbocycles. The van der Waals surface area contributed by atoms with Crippen molar-refractivity contribution in [3.05, 3.63) is 41.2 Å². The fourth-order valence-electron chi connectivity index (χ4n) is 3.33. The van der Waals surface area contributed by atoms with E-state index in [2.05, 4.69) is 15.5 Å². The zero-order valence-electron chi connectivity index (χ0n) is 16.4. The average molecular weight is 459 g/mol. The van der Waals surface area contributed by atoms with Gasteiger partial charge in [-0.1, -0.05) is 6.07 Å². The second-order valence-corrected chi connectivity index (χ2v) is 9.07. The number of primary amides is 1. The summed E-state index contributed by atoms with van der Waals surface area (Å²) in [4.78, 5) is 23.5. The number of piperidine rings is 1. The fraction of sp³-hybridized carbons (Fsp3) is 0.389. The molecule has 13 heteroatoms. The van der Waals surface area contributed by atoms with Crippen LogP contribution in [0.4, 0.5) is 18.9 Å². The SMILES string of the molecule is Cc1[nH]nc(C(N)=O)c1NC(=O)C1CCN(S(=O)(=O)c2cccc(C(F)(F)F)c2)CC1. The molecule has 2 aromatic rings. The maximum atomic E-state index is 12.9. The second kappa shape index (κ2) is 8.30. The van der Waals surface area contributed by atoms with Crippen molar-refractivity contribution in [2.24, 2.45) is 11.7 Å². The first kappa shape index (κ1) is 22.7. The molecule has 1 saturated heterocycles. The first-order valence-corrected chi connectivity index (χ1v) is 10.7. The lowest BCUT2D eigenvalue weighted by Crippen LogP contribution is -2.41. The Balaban J connectivity index is 1.69. The van der Waals surface area contributed by atoms with Crippen molar-refractivity contribution in [1.29, 1.82) is 0 Å². The van der Waals surface area contributed by atoms with E-state index in [0.29, 0.717) is 11.8 Å². The van der Waals surface area contributed by atoms with Crippen LogP contribution in [0, 0.1) is 12.8 Å². The number of nitrogens with one attached hydrogen (secondary N) is 2. The Hall–Kier alpha value is -2.93. The second-order valence-electron chi connectivity index (χ2n) is 7.13. The van der Waals surface area contributed by atoms with Crippen molar-refractivity contribution < 1.29 is 31.2 Å². The number of carbonyl (C=O) groups is 2. The lowest BCUT2D eigenvalue weighted by molar-refractivity contribution is -0.137. The van der Waals surface area contributed by atoms with E-state index in [4.69, 9.17) is 5.73 Å². The number of nitrogens with zero attached hydrogens (tertiary/aromatic N) is 2. The van der Waals surface area contributed by atoms with Crippen LogP contribution < -0.4 is 11.1 Å². The number of amides is 2.